The first-order valence-electron chi connectivity index (χ1n) is 6.64. The number of hydrogen-bond acceptors (Lipinski definition) is 3. The van der Waals surface area contributed by atoms with Crippen LogP contribution in [-0.2, 0) is 11.3 Å². The highest BCUT2D eigenvalue weighted by molar-refractivity contribution is 5.47. The second kappa shape index (κ2) is 6.76. The second-order valence-corrected chi connectivity index (χ2v) is 5.41. The smallest absolute Gasteiger partial charge is 0.0648 e. The van der Waals surface area contributed by atoms with Gasteiger partial charge in [-0.05, 0) is 45.4 Å². The summed E-state index contributed by atoms with van der Waals surface area (Å²) in [5.41, 5.74) is 7.93. The van der Waals surface area contributed by atoms with Gasteiger partial charge in [-0.15, -0.1) is 0 Å². The molecule has 0 aliphatic heterocycles. The topological polar surface area (TPSA) is 38.5 Å². The standard InChI is InChI=1S/C15H26N2O/c1-5-17(10-11-18-15(2,3)4)14-8-6-13(12-16)7-9-14/h6-9H,5,10-12,16H2,1-4H3. The van der Waals surface area contributed by atoms with Crippen LogP contribution in [0, 0.1) is 0 Å². The zero-order valence-corrected chi connectivity index (χ0v) is 12.1. The molecule has 3 heteroatoms. The number of ether oxygens (including phenoxy) is 1. The zero-order chi connectivity index (χ0) is 13.6. The van der Waals surface area contributed by atoms with E-state index in [9.17, 15) is 0 Å². The number of hydrogen-bond donors (Lipinski definition) is 1. The molecule has 0 heterocycles. The lowest BCUT2D eigenvalue weighted by molar-refractivity contribution is 0.00142. The Morgan fingerprint density at radius 2 is 1.78 bits per heavy atom. The number of benzene rings is 1. The first-order chi connectivity index (χ1) is 8.46. The van der Waals surface area contributed by atoms with Crippen molar-refractivity contribution in [2.24, 2.45) is 5.73 Å². The van der Waals surface area contributed by atoms with Crippen LogP contribution < -0.4 is 10.6 Å². The molecule has 0 spiro atoms. The van der Waals surface area contributed by atoms with Crippen molar-refractivity contribution in [1.29, 1.82) is 0 Å². The lowest BCUT2D eigenvalue weighted by Gasteiger charge is -2.26. The van der Waals surface area contributed by atoms with Gasteiger partial charge in [0.1, 0.15) is 0 Å². The summed E-state index contributed by atoms with van der Waals surface area (Å²) in [6.07, 6.45) is 0. The molecule has 0 unspecified atom stereocenters. The average molecular weight is 250 g/mol. The fraction of sp³-hybridized carbons (Fsp3) is 0.600. The van der Waals surface area contributed by atoms with Gasteiger partial charge in [0, 0.05) is 25.3 Å². The molecule has 0 saturated heterocycles. The van der Waals surface area contributed by atoms with Crippen molar-refractivity contribution in [2.45, 2.75) is 39.8 Å². The van der Waals surface area contributed by atoms with Crippen molar-refractivity contribution >= 4 is 5.69 Å². The predicted octanol–water partition coefficient (Wildman–Crippen LogP) is 2.79. The molecule has 102 valence electrons. The summed E-state index contributed by atoms with van der Waals surface area (Å²) < 4.78 is 5.77. The maximum absolute atomic E-state index is 5.77. The second-order valence-electron chi connectivity index (χ2n) is 5.41. The van der Waals surface area contributed by atoms with Gasteiger partial charge in [0.2, 0.25) is 0 Å². The highest BCUT2D eigenvalue weighted by Crippen LogP contribution is 2.15. The van der Waals surface area contributed by atoms with Crippen molar-refractivity contribution in [3.05, 3.63) is 29.8 Å². The number of nitrogens with zero attached hydrogens (tertiary/aromatic N) is 1. The van der Waals surface area contributed by atoms with E-state index in [1.54, 1.807) is 0 Å². The molecule has 1 aromatic carbocycles. The molecular weight excluding hydrogens is 224 g/mol. The van der Waals surface area contributed by atoms with Crippen LogP contribution in [0.3, 0.4) is 0 Å². The van der Waals surface area contributed by atoms with Gasteiger partial charge >= 0.3 is 0 Å². The Balaban J connectivity index is 2.54. The third-order valence-electron chi connectivity index (χ3n) is 2.82. The van der Waals surface area contributed by atoms with Crippen LogP contribution in [0.2, 0.25) is 0 Å². The Kier molecular flexibility index (Phi) is 5.63. The maximum Gasteiger partial charge on any atom is 0.0648 e. The molecule has 0 amide bonds. The van der Waals surface area contributed by atoms with Gasteiger partial charge < -0.3 is 15.4 Å². The fourth-order valence-corrected chi connectivity index (χ4v) is 1.77. The van der Waals surface area contributed by atoms with Crippen molar-refractivity contribution in [3.63, 3.8) is 0 Å². The van der Waals surface area contributed by atoms with Crippen molar-refractivity contribution in [3.8, 4) is 0 Å². The molecule has 0 radical (unpaired) electrons. The van der Waals surface area contributed by atoms with E-state index >= 15 is 0 Å². The van der Waals surface area contributed by atoms with E-state index in [-0.39, 0.29) is 5.60 Å². The third-order valence-corrected chi connectivity index (χ3v) is 2.82. The lowest BCUT2D eigenvalue weighted by Crippen LogP contribution is -2.30. The van der Waals surface area contributed by atoms with Gasteiger partial charge in [-0.2, -0.15) is 0 Å². The first kappa shape index (κ1) is 15.0. The summed E-state index contributed by atoms with van der Waals surface area (Å²) in [6, 6.07) is 8.43. The Bertz CT molecular complexity index is 341. The molecule has 3 nitrogen and oxygen atoms in total. The van der Waals surface area contributed by atoms with E-state index in [0.29, 0.717) is 6.54 Å². The summed E-state index contributed by atoms with van der Waals surface area (Å²) in [7, 11) is 0. The molecule has 0 fully saturated rings. The van der Waals surface area contributed by atoms with E-state index in [1.807, 2.05) is 0 Å². The molecule has 1 rings (SSSR count). The predicted molar refractivity (Wildman–Crippen MR) is 77.9 cm³/mol. The van der Waals surface area contributed by atoms with Crippen molar-refractivity contribution < 1.29 is 4.74 Å². The molecule has 0 bridgehead atoms. The van der Waals surface area contributed by atoms with Crippen LogP contribution in [0.1, 0.15) is 33.3 Å². The molecule has 0 aliphatic carbocycles. The van der Waals surface area contributed by atoms with Crippen LogP contribution in [0.5, 0.6) is 0 Å². The minimum absolute atomic E-state index is 0.0666. The summed E-state index contributed by atoms with van der Waals surface area (Å²) in [6.45, 7) is 11.6. The Morgan fingerprint density at radius 3 is 2.22 bits per heavy atom. The van der Waals surface area contributed by atoms with E-state index in [2.05, 4.69) is 56.9 Å². The summed E-state index contributed by atoms with van der Waals surface area (Å²) in [4.78, 5) is 2.31. The van der Waals surface area contributed by atoms with Gasteiger partial charge in [-0.3, -0.25) is 0 Å². The highest BCUT2D eigenvalue weighted by atomic mass is 16.5. The van der Waals surface area contributed by atoms with Gasteiger partial charge in [0.15, 0.2) is 0 Å². The maximum atomic E-state index is 5.77. The van der Waals surface area contributed by atoms with E-state index in [0.717, 1.165) is 19.7 Å². The van der Waals surface area contributed by atoms with E-state index in [4.69, 9.17) is 10.5 Å². The molecule has 2 N–H and O–H groups in total. The Labute approximate surface area is 111 Å². The lowest BCUT2D eigenvalue weighted by atomic mass is 10.2. The van der Waals surface area contributed by atoms with Crippen LogP contribution in [-0.4, -0.2) is 25.3 Å². The van der Waals surface area contributed by atoms with Gasteiger partial charge in [-0.25, -0.2) is 0 Å². The number of anilines is 1. The van der Waals surface area contributed by atoms with Crippen LogP contribution >= 0.6 is 0 Å². The van der Waals surface area contributed by atoms with E-state index in [1.165, 1.54) is 11.3 Å². The molecule has 0 saturated carbocycles. The van der Waals surface area contributed by atoms with Gasteiger partial charge in [-0.1, -0.05) is 12.1 Å². The summed E-state index contributed by atoms with van der Waals surface area (Å²) >= 11 is 0. The minimum atomic E-state index is -0.0666. The monoisotopic (exact) mass is 250 g/mol. The Hall–Kier alpha value is -1.06. The number of rotatable bonds is 6. The normalized spacial score (nSPS) is 11.6. The number of nitrogens with two attached hydrogens (primary N) is 1. The van der Waals surface area contributed by atoms with Crippen molar-refractivity contribution in [2.75, 3.05) is 24.6 Å². The number of likely N-dealkylation sites (N-methyl/N-ethyl adjacent to an activating group) is 1. The van der Waals surface area contributed by atoms with Crippen LogP contribution in [0.4, 0.5) is 5.69 Å². The largest absolute Gasteiger partial charge is 0.374 e. The first-order valence-corrected chi connectivity index (χ1v) is 6.64. The van der Waals surface area contributed by atoms with Crippen LogP contribution in [0.25, 0.3) is 0 Å². The Morgan fingerprint density at radius 1 is 1.17 bits per heavy atom. The summed E-state index contributed by atoms with van der Waals surface area (Å²) in [5, 5.41) is 0. The quantitative estimate of drug-likeness (QED) is 0.843. The fourth-order valence-electron chi connectivity index (χ4n) is 1.77. The van der Waals surface area contributed by atoms with E-state index < -0.39 is 0 Å². The van der Waals surface area contributed by atoms with Crippen LogP contribution in [0.15, 0.2) is 24.3 Å². The third kappa shape index (κ3) is 5.07. The van der Waals surface area contributed by atoms with Crippen molar-refractivity contribution in [1.82, 2.24) is 0 Å². The molecular formula is C15H26N2O. The SMILES string of the molecule is CCN(CCOC(C)(C)C)c1ccc(CN)cc1. The minimum Gasteiger partial charge on any atom is -0.374 e. The van der Waals surface area contributed by atoms with Gasteiger partial charge in [0.05, 0.1) is 12.2 Å². The highest BCUT2D eigenvalue weighted by Gasteiger charge is 2.11. The summed E-state index contributed by atoms with van der Waals surface area (Å²) in [5.74, 6) is 0. The van der Waals surface area contributed by atoms with Gasteiger partial charge in [0.25, 0.3) is 0 Å². The molecule has 0 aliphatic rings. The average Bonchev–Trinajstić information content (AvgIpc) is 2.34. The molecule has 0 aromatic heterocycles. The molecule has 18 heavy (non-hydrogen) atoms. The molecule has 0 atom stereocenters. The zero-order valence-electron chi connectivity index (χ0n) is 12.1. The molecule has 1 aromatic rings.